The third kappa shape index (κ3) is 6.66. The first-order chi connectivity index (χ1) is 20.1. The average Bonchev–Trinajstić information content (AvgIpc) is 3.29. The molecule has 0 bridgehead atoms. The van der Waals surface area contributed by atoms with Crippen LogP contribution in [0.1, 0.15) is 41.9 Å². The number of carbonyl (C=O) groups is 2. The maximum atomic E-state index is 13.4. The number of hydrogen-bond donors (Lipinski definition) is 3. The minimum absolute atomic E-state index is 0.0946. The molecule has 222 valence electrons. The molecule has 0 spiro atoms. The lowest BCUT2D eigenvalue weighted by molar-refractivity contribution is -0.137. The molecule has 0 saturated heterocycles. The molecule has 0 aliphatic carbocycles. The van der Waals surface area contributed by atoms with E-state index in [1.807, 2.05) is 6.92 Å². The number of pyridine rings is 1. The van der Waals surface area contributed by atoms with Gasteiger partial charge in [-0.2, -0.15) is 18.3 Å². The molecule has 0 radical (unpaired) electrons. The summed E-state index contributed by atoms with van der Waals surface area (Å²) in [6.07, 6.45) is -2.02. The van der Waals surface area contributed by atoms with Gasteiger partial charge < -0.3 is 15.8 Å². The van der Waals surface area contributed by atoms with Gasteiger partial charge in [-0.3, -0.25) is 15.0 Å². The van der Waals surface area contributed by atoms with E-state index in [2.05, 4.69) is 30.6 Å². The van der Waals surface area contributed by atoms with Crippen molar-refractivity contribution < 1.29 is 27.5 Å². The number of fused-ring (bicyclic) bond motifs is 1. The number of methoxy groups -OCH3 is 1. The number of urea groups is 1. The standard InChI is InChI=1S/C28H31F3N8O3/c1-4-21(40)24-20(15-38(5-2)12-13-42-3)39-25(26(32)34-16-35-39)23(24)17-6-8-19(9-7-17)36-27(41)37-22-14-18(10-11-33-22)28(29,30)31/h6-11,14,16H,4-5,12-13,15H2,1-3H3,(H2,32,34,35)(H2,33,36,37,41). The minimum atomic E-state index is -4.57. The van der Waals surface area contributed by atoms with Gasteiger partial charge in [-0.15, -0.1) is 0 Å². The normalized spacial score (nSPS) is 11.7. The van der Waals surface area contributed by atoms with Crippen LogP contribution < -0.4 is 16.4 Å². The highest BCUT2D eigenvalue weighted by Crippen LogP contribution is 2.37. The fourth-order valence-electron chi connectivity index (χ4n) is 4.53. The molecule has 2 amide bonds. The highest BCUT2D eigenvalue weighted by Gasteiger charge is 2.31. The van der Waals surface area contributed by atoms with Crippen molar-refractivity contribution in [3.05, 3.63) is 65.7 Å². The van der Waals surface area contributed by atoms with Crippen LogP contribution in [-0.4, -0.2) is 63.1 Å². The molecule has 42 heavy (non-hydrogen) atoms. The van der Waals surface area contributed by atoms with Crippen molar-refractivity contribution in [2.45, 2.75) is 33.0 Å². The molecule has 4 aromatic rings. The van der Waals surface area contributed by atoms with Crippen molar-refractivity contribution >= 4 is 34.7 Å². The van der Waals surface area contributed by atoms with Crippen molar-refractivity contribution in [2.24, 2.45) is 0 Å². The molecule has 0 atom stereocenters. The third-order valence-electron chi connectivity index (χ3n) is 6.64. The Kier molecular flexibility index (Phi) is 9.38. The number of halogens is 3. The van der Waals surface area contributed by atoms with Crippen molar-refractivity contribution in [3.8, 4) is 11.1 Å². The number of likely N-dealkylation sites (N-methyl/N-ethyl adjacent to an activating group) is 1. The van der Waals surface area contributed by atoms with Gasteiger partial charge in [0.2, 0.25) is 0 Å². The molecule has 0 fully saturated rings. The summed E-state index contributed by atoms with van der Waals surface area (Å²) in [7, 11) is 1.63. The number of anilines is 3. The largest absolute Gasteiger partial charge is 0.416 e. The number of alkyl halides is 3. The second-order valence-electron chi connectivity index (χ2n) is 9.32. The summed E-state index contributed by atoms with van der Waals surface area (Å²) in [6, 6.07) is 7.40. The van der Waals surface area contributed by atoms with E-state index in [0.29, 0.717) is 59.8 Å². The predicted molar refractivity (Wildman–Crippen MR) is 152 cm³/mol. The topological polar surface area (TPSA) is 140 Å². The summed E-state index contributed by atoms with van der Waals surface area (Å²) >= 11 is 0. The number of amides is 2. The van der Waals surface area contributed by atoms with E-state index in [-0.39, 0.29) is 23.8 Å². The van der Waals surface area contributed by atoms with Crippen LogP contribution in [0.5, 0.6) is 0 Å². The van der Waals surface area contributed by atoms with Crippen LogP contribution in [0.3, 0.4) is 0 Å². The number of hydrogen-bond acceptors (Lipinski definition) is 8. The van der Waals surface area contributed by atoms with Gasteiger partial charge in [0.05, 0.1) is 23.4 Å². The van der Waals surface area contributed by atoms with Gasteiger partial charge in [-0.25, -0.2) is 19.3 Å². The van der Waals surface area contributed by atoms with Crippen LogP contribution in [0.4, 0.5) is 35.3 Å². The molecule has 1 aromatic carbocycles. The molecule has 0 aliphatic heterocycles. The predicted octanol–water partition coefficient (Wildman–Crippen LogP) is 5.10. The lowest BCUT2D eigenvalue weighted by atomic mass is 9.96. The molecular formula is C28H31F3N8O3. The van der Waals surface area contributed by atoms with E-state index in [1.165, 1.54) is 6.33 Å². The number of aromatic nitrogens is 4. The number of nitrogens with two attached hydrogens (primary N) is 1. The summed E-state index contributed by atoms with van der Waals surface area (Å²) in [6.45, 7) is 6.09. The van der Waals surface area contributed by atoms with Gasteiger partial charge in [0.25, 0.3) is 0 Å². The zero-order chi connectivity index (χ0) is 30.4. The molecule has 4 N–H and O–H groups in total. The molecule has 4 rings (SSSR count). The van der Waals surface area contributed by atoms with E-state index < -0.39 is 17.8 Å². The number of rotatable bonds is 11. The Morgan fingerprint density at radius 3 is 2.48 bits per heavy atom. The van der Waals surface area contributed by atoms with Crippen molar-refractivity contribution in [2.75, 3.05) is 43.2 Å². The highest BCUT2D eigenvalue weighted by molar-refractivity contribution is 6.09. The van der Waals surface area contributed by atoms with Gasteiger partial charge in [-0.05, 0) is 36.4 Å². The maximum absolute atomic E-state index is 13.4. The molecule has 0 aliphatic rings. The highest BCUT2D eigenvalue weighted by atomic mass is 19.4. The van der Waals surface area contributed by atoms with Crippen molar-refractivity contribution in [3.63, 3.8) is 0 Å². The number of nitrogens with zero attached hydrogens (tertiary/aromatic N) is 5. The summed E-state index contributed by atoms with van der Waals surface area (Å²) in [5, 5.41) is 9.29. The Morgan fingerprint density at radius 1 is 1.10 bits per heavy atom. The fraction of sp³-hybridized carbons (Fsp3) is 0.321. The summed E-state index contributed by atoms with van der Waals surface area (Å²) in [4.78, 5) is 35.9. The van der Waals surface area contributed by atoms with E-state index in [0.717, 1.165) is 18.3 Å². The number of nitrogen functional groups attached to an aromatic ring is 1. The Hall–Kier alpha value is -4.56. The summed E-state index contributed by atoms with van der Waals surface area (Å²) < 4.78 is 45.8. The average molecular weight is 585 g/mol. The monoisotopic (exact) mass is 584 g/mol. The molecule has 3 aromatic heterocycles. The summed E-state index contributed by atoms with van der Waals surface area (Å²) in [5.41, 5.74) is 8.59. The van der Waals surface area contributed by atoms with Crippen molar-refractivity contribution in [1.29, 1.82) is 0 Å². The van der Waals surface area contributed by atoms with Crippen LogP contribution in [0.15, 0.2) is 48.9 Å². The van der Waals surface area contributed by atoms with E-state index in [4.69, 9.17) is 10.5 Å². The lowest BCUT2D eigenvalue weighted by Crippen LogP contribution is -2.28. The minimum Gasteiger partial charge on any atom is -0.383 e. The van der Waals surface area contributed by atoms with Gasteiger partial charge in [0.1, 0.15) is 17.7 Å². The third-order valence-corrected chi connectivity index (χ3v) is 6.64. The van der Waals surface area contributed by atoms with E-state index in [9.17, 15) is 22.8 Å². The van der Waals surface area contributed by atoms with Gasteiger partial charge in [0, 0.05) is 44.1 Å². The molecular weight excluding hydrogens is 553 g/mol. The molecule has 0 unspecified atom stereocenters. The Labute approximate surface area is 239 Å². The summed E-state index contributed by atoms with van der Waals surface area (Å²) in [5.74, 6) is -0.147. The van der Waals surface area contributed by atoms with Crippen molar-refractivity contribution in [1.82, 2.24) is 24.5 Å². The zero-order valence-electron chi connectivity index (χ0n) is 23.3. The second-order valence-corrected chi connectivity index (χ2v) is 9.32. The number of carbonyl (C=O) groups excluding carboxylic acids is 2. The van der Waals surface area contributed by atoms with Crippen LogP contribution >= 0.6 is 0 Å². The number of Topliss-reactive ketones (excluding diaryl/α,β-unsaturated/α-hetero) is 1. The SMILES string of the molecule is CCC(=O)c1c(-c2ccc(NC(=O)Nc3cc(C(F)(F)F)ccn3)cc2)c2c(N)ncnn2c1CN(CC)CCOC. The number of nitrogens with one attached hydrogen (secondary N) is 2. The Bertz CT molecular complexity index is 1570. The van der Waals surface area contributed by atoms with Crippen LogP contribution in [0, 0.1) is 0 Å². The van der Waals surface area contributed by atoms with Crippen LogP contribution in [-0.2, 0) is 17.5 Å². The maximum Gasteiger partial charge on any atom is 0.416 e. The molecule has 3 heterocycles. The van der Waals surface area contributed by atoms with Crippen LogP contribution in [0.2, 0.25) is 0 Å². The zero-order valence-corrected chi connectivity index (χ0v) is 23.3. The number of benzene rings is 1. The quantitative estimate of drug-likeness (QED) is 0.207. The van der Waals surface area contributed by atoms with Crippen LogP contribution in [0.25, 0.3) is 16.6 Å². The fourth-order valence-corrected chi connectivity index (χ4v) is 4.53. The first-order valence-electron chi connectivity index (χ1n) is 13.2. The van der Waals surface area contributed by atoms with E-state index in [1.54, 1.807) is 42.8 Å². The second kappa shape index (κ2) is 13.0. The molecule has 14 heteroatoms. The first kappa shape index (κ1) is 30.4. The Balaban J connectivity index is 1.67. The Morgan fingerprint density at radius 2 is 1.83 bits per heavy atom. The lowest BCUT2D eigenvalue weighted by Gasteiger charge is -2.20. The van der Waals surface area contributed by atoms with Gasteiger partial charge in [-0.1, -0.05) is 26.0 Å². The first-order valence-corrected chi connectivity index (χ1v) is 13.2. The number of ether oxygens (including phenoxy) is 1. The molecule has 11 nitrogen and oxygen atoms in total. The molecule has 0 saturated carbocycles. The smallest absolute Gasteiger partial charge is 0.383 e. The van der Waals surface area contributed by atoms with E-state index >= 15 is 0 Å². The van der Waals surface area contributed by atoms with Gasteiger partial charge >= 0.3 is 12.2 Å². The number of ketones is 1. The van der Waals surface area contributed by atoms with Gasteiger partial charge in [0.15, 0.2) is 11.6 Å².